The van der Waals surface area contributed by atoms with Gasteiger partial charge in [0, 0.05) is 10.5 Å². The molecule has 72 valence electrons. The Morgan fingerprint density at radius 3 is 2.38 bits per heavy atom. The largest absolute Gasteiger partial charge is 0.330 e. The first kappa shape index (κ1) is 10.7. The summed E-state index contributed by atoms with van der Waals surface area (Å²) in [6.07, 6.45) is 1.94. The third-order valence-electron chi connectivity index (χ3n) is 2.02. The molecular weight excluding hydrogens is 228 g/mol. The van der Waals surface area contributed by atoms with Crippen LogP contribution in [0.25, 0.3) is 0 Å². The molecule has 0 amide bonds. The third kappa shape index (κ3) is 3.46. The summed E-state index contributed by atoms with van der Waals surface area (Å²) in [5.74, 6) is 0. The van der Waals surface area contributed by atoms with Gasteiger partial charge in [-0.05, 0) is 37.1 Å². The van der Waals surface area contributed by atoms with Crippen molar-refractivity contribution in [1.29, 1.82) is 0 Å². The lowest BCUT2D eigenvalue weighted by molar-refractivity contribution is 0.618. The van der Waals surface area contributed by atoms with Crippen LogP contribution in [0.2, 0.25) is 0 Å². The fourth-order valence-corrected chi connectivity index (χ4v) is 1.48. The second-order valence-corrected chi connectivity index (χ2v) is 4.00. The summed E-state index contributed by atoms with van der Waals surface area (Å²) in [6.45, 7) is 0.713. The lowest BCUT2D eigenvalue weighted by Crippen LogP contribution is -2.12. The Morgan fingerprint density at radius 2 is 1.85 bits per heavy atom. The lowest BCUT2D eigenvalue weighted by Gasteiger charge is -2.10. The molecule has 1 rings (SSSR count). The smallest absolute Gasteiger partial charge is 0.0295 e. The minimum atomic E-state index is 0.122. The van der Waals surface area contributed by atoms with E-state index in [1.54, 1.807) is 0 Å². The van der Waals surface area contributed by atoms with Crippen molar-refractivity contribution >= 4 is 15.9 Å². The molecule has 0 aliphatic heterocycles. The summed E-state index contributed by atoms with van der Waals surface area (Å²) >= 11 is 3.39. The van der Waals surface area contributed by atoms with Crippen LogP contribution in [-0.2, 0) is 0 Å². The van der Waals surface area contributed by atoms with Gasteiger partial charge in [0.25, 0.3) is 0 Å². The van der Waals surface area contributed by atoms with Crippen molar-refractivity contribution in [2.45, 2.75) is 18.9 Å². The third-order valence-corrected chi connectivity index (χ3v) is 2.55. The lowest BCUT2D eigenvalue weighted by atomic mass is 10.0. The van der Waals surface area contributed by atoms with Crippen molar-refractivity contribution in [1.82, 2.24) is 0 Å². The molecule has 0 saturated carbocycles. The van der Waals surface area contributed by atoms with E-state index in [1.807, 2.05) is 24.3 Å². The van der Waals surface area contributed by atoms with Crippen LogP contribution in [0, 0.1) is 0 Å². The van der Waals surface area contributed by atoms with Crippen LogP contribution in [0.15, 0.2) is 28.7 Å². The maximum Gasteiger partial charge on any atom is 0.0295 e. The van der Waals surface area contributed by atoms with Crippen molar-refractivity contribution in [2.24, 2.45) is 11.5 Å². The second-order valence-electron chi connectivity index (χ2n) is 3.09. The molecule has 1 atom stereocenters. The highest BCUT2D eigenvalue weighted by atomic mass is 79.9. The Kier molecular flexibility index (Phi) is 4.42. The highest BCUT2D eigenvalue weighted by Crippen LogP contribution is 2.18. The van der Waals surface area contributed by atoms with Crippen LogP contribution < -0.4 is 11.5 Å². The van der Waals surface area contributed by atoms with Crippen molar-refractivity contribution < 1.29 is 0 Å². The topological polar surface area (TPSA) is 52.0 Å². The molecule has 0 spiro atoms. The Morgan fingerprint density at radius 1 is 1.23 bits per heavy atom. The van der Waals surface area contributed by atoms with E-state index in [1.165, 1.54) is 5.56 Å². The molecule has 13 heavy (non-hydrogen) atoms. The number of nitrogens with two attached hydrogens (primary N) is 2. The van der Waals surface area contributed by atoms with Crippen LogP contribution in [0.3, 0.4) is 0 Å². The predicted octanol–water partition coefficient (Wildman–Crippen LogP) is 2.19. The van der Waals surface area contributed by atoms with Crippen molar-refractivity contribution in [3.8, 4) is 0 Å². The molecule has 0 radical (unpaired) electrons. The van der Waals surface area contributed by atoms with Gasteiger partial charge in [-0.25, -0.2) is 0 Å². The first-order valence-corrected chi connectivity index (χ1v) is 5.24. The predicted molar refractivity (Wildman–Crippen MR) is 59.4 cm³/mol. The minimum absolute atomic E-state index is 0.122. The summed E-state index contributed by atoms with van der Waals surface area (Å²) < 4.78 is 1.09. The second kappa shape index (κ2) is 5.37. The van der Waals surface area contributed by atoms with Crippen molar-refractivity contribution in [3.05, 3.63) is 34.3 Å². The van der Waals surface area contributed by atoms with Crippen molar-refractivity contribution in [2.75, 3.05) is 6.54 Å². The standard InChI is InChI=1S/C10H15BrN2/c11-9-5-3-8(4-6-9)10(13)2-1-7-12/h3-6,10H,1-2,7,12-13H2/t10-/m1/s1. The Hall–Kier alpha value is -0.380. The van der Waals surface area contributed by atoms with Gasteiger partial charge < -0.3 is 11.5 Å². The summed E-state index contributed by atoms with van der Waals surface area (Å²) in [4.78, 5) is 0. The van der Waals surface area contributed by atoms with Crippen LogP contribution in [0.5, 0.6) is 0 Å². The van der Waals surface area contributed by atoms with Gasteiger partial charge in [0.1, 0.15) is 0 Å². The van der Waals surface area contributed by atoms with Gasteiger partial charge in [-0.1, -0.05) is 28.1 Å². The SMILES string of the molecule is NCCC[C@@H](N)c1ccc(Br)cc1. The number of halogens is 1. The fraction of sp³-hybridized carbons (Fsp3) is 0.400. The average molecular weight is 243 g/mol. The van der Waals surface area contributed by atoms with E-state index in [9.17, 15) is 0 Å². The summed E-state index contributed by atoms with van der Waals surface area (Å²) in [5, 5.41) is 0. The first-order valence-electron chi connectivity index (χ1n) is 4.45. The van der Waals surface area contributed by atoms with Gasteiger partial charge in [0.05, 0.1) is 0 Å². The number of hydrogen-bond donors (Lipinski definition) is 2. The maximum atomic E-state index is 5.96. The zero-order valence-electron chi connectivity index (χ0n) is 7.54. The van der Waals surface area contributed by atoms with Crippen LogP contribution in [0.1, 0.15) is 24.4 Å². The summed E-state index contributed by atoms with van der Waals surface area (Å²) in [5.41, 5.74) is 12.6. The zero-order valence-corrected chi connectivity index (χ0v) is 9.13. The Balaban J connectivity index is 2.55. The van der Waals surface area contributed by atoms with Crippen LogP contribution in [-0.4, -0.2) is 6.54 Å². The van der Waals surface area contributed by atoms with E-state index in [0.717, 1.165) is 17.3 Å². The monoisotopic (exact) mass is 242 g/mol. The van der Waals surface area contributed by atoms with Crippen LogP contribution in [0.4, 0.5) is 0 Å². The van der Waals surface area contributed by atoms with E-state index in [2.05, 4.69) is 15.9 Å². The zero-order chi connectivity index (χ0) is 9.68. The van der Waals surface area contributed by atoms with Gasteiger partial charge in [0.2, 0.25) is 0 Å². The van der Waals surface area contributed by atoms with Gasteiger partial charge in [0.15, 0.2) is 0 Å². The Labute approximate surface area is 87.4 Å². The molecule has 0 unspecified atom stereocenters. The normalized spacial score (nSPS) is 12.8. The van der Waals surface area contributed by atoms with E-state index in [0.29, 0.717) is 6.54 Å². The van der Waals surface area contributed by atoms with Crippen LogP contribution >= 0.6 is 15.9 Å². The highest BCUT2D eigenvalue weighted by Gasteiger charge is 2.03. The van der Waals surface area contributed by atoms with E-state index < -0.39 is 0 Å². The molecular formula is C10H15BrN2. The number of benzene rings is 1. The molecule has 0 aliphatic carbocycles. The number of rotatable bonds is 4. The molecule has 0 aliphatic rings. The molecule has 2 nitrogen and oxygen atoms in total. The molecule has 1 aromatic carbocycles. The summed E-state index contributed by atoms with van der Waals surface area (Å²) in [7, 11) is 0. The van der Waals surface area contributed by atoms with E-state index >= 15 is 0 Å². The molecule has 4 N–H and O–H groups in total. The van der Waals surface area contributed by atoms with Gasteiger partial charge in [-0.2, -0.15) is 0 Å². The maximum absolute atomic E-state index is 5.96. The molecule has 3 heteroatoms. The van der Waals surface area contributed by atoms with Gasteiger partial charge in [-0.3, -0.25) is 0 Å². The fourth-order valence-electron chi connectivity index (χ4n) is 1.21. The van der Waals surface area contributed by atoms with Crippen molar-refractivity contribution in [3.63, 3.8) is 0 Å². The minimum Gasteiger partial charge on any atom is -0.330 e. The quantitative estimate of drug-likeness (QED) is 0.851. The first-order chi connectivity index (χ1) is 6.24. The van der Waals surface area contributed by atoms with E-state index in [-0.39, 0.29) is 6.04 Å². The highest BCUT2D eigenvalue weighted by molar-refractivity contribution is 9.10. The Bertz CT molecular complexity index is 246. The average Bonchev–Trinajstić information content (AvgIpc) is 2.15. The molecule has 0 fully saturated rings. The molecule has 0 saturated heterocycles. The number of hydrogen-bond acceptors (Lipinski definition) is 2. The van der Waals surface area contributed by atoms with Gasteiger partial charge >= 0.3 is 0 Å². The van der Waals surface area contributed by atoms with E-state index in [4.69, 9.17) is 11.5 Å². The molecule has 0 bridgehead atoms. The summed E-state index contributed by atoms with van der Waals surface area (Å²) in [6, 6.07) is 8.24. The molecule has 0 heterocycles. The molecule has 1 aromatic rings. The molecule has 0 aromatic heterocycles. The van der Waals surface area contributed by atoms with Gasteiger partial charge in [-0.15, -0.1) is 0 Å².